The minimum atomic E-state index is -0.434. The lowest BCUT2D eigenvalue weighted by Gasteiger charge is -2.37. The number of para-hydroxylation sites is 1. The molecule has 186 valence electrons. The van der Waals surface area contributed by atoms with Gasteiger partial charge in [0.15, 0.2) is 11.5 Å². The Balaban J connectivity index is 1.54. The zero-order valence-corrected chi connectivity index (χ0v) is 20.3. The first kappa shape index (κ1) is 24.5. The van der Waals surface area contributed by atoms with Crippen molar-refractivity contribution in [2.45, 2.75) is 25.8 Å². The molecule has 1 fully saturated rings. The Morgan fingerprint density at radius 3 is 2.57 bits per heavy atom. The summed E-state index contributed by atoms with van der Waals surface area (Å²) in [6.45, 7) is 3.98. The van der Waals surface area contributed by atoms with Gasteiger partial charge in [-0.25, -0.2) is 4.79 Å². The van der Waals surface area contributed by atoms with Crippen LogP contribution in [-0.4, -0.2) is 60.9 Å². The molecule has 1 aromatic heterocycles. The van der Waals surface area contributed by atoms with Crippen molar-refractivity contribution in [2.24, 2.45) is 5.92 Å². The molecule has 9 heteroatoms. The average Bonchev–Trinajstić information content (AvgIpc) is 2.88. The number of aromatic amines is 1. The molecule has 9 nitrogen and oxygen atoms in total. The highest BCUT2D eigenvalue weighted by atomic mass is 16.5. The molecular formula is C26H31N3O6. The van der Waals surface area contributed by atoms with Crippen molar-refractivity contribution in [3.63, 3.8) is 0 Å². The van der Waals surface area contributed by atoms with E-state index in [1.54, 1.807) is 45.4 Å². The molecule has 1 aliphatic heterocycles. The first-order valence-electron chi connectivity index (χ1n) is 11.8. The van der Waals surface area contributed by atoms with Crippen molar-refractivity contribution in [1.82, 2.24) is 14.5 Å². The fourth-order valence-corrected chi connectivity index (χ4v) is 4.84. The molecule has 0 unspecified atom stereocenters. The van der Waals surface area contributed by atoms with Gasteiger partial charge in [0, 0.05) is 19.6 Å². The number of ether oxygens (including phenoxy) is 3. The Hall–Kier alpha value is -3.59. The zero-order chi connectivity index (χ0) is 24.9. The third kappa shape index (κ3) is 5.09. The van der Waals surface area contributed by atoms with Crippen LogP contribution in [0.1, 0.15) is 24.8 Å². The van der Waals surface area contributed by atoms with Gasteiger partial charge < -0.3 is 24.1 Å². The second kappa shape index (κ2) is 10.8. The van der Waals surface area contributed by atoms with E-state index in [0.29, 0.717) is 42.1 Å². The number of esters is 1. The second-order valence-electron chi connectivity index (χ2n) is 8.60. The number of aromatic nitrogens is 2. The maximum absolute atomic E-state index is 12.9. The first-order chi connectivity index (χ1) is 17.0. The van der Waals surface area contributed by atoms with Crippen LogP contribution >= 0.6 is 0 Å². The summed E-state index contributed by atoms with van der Waals surface area (Å²) in [5.74, 6) is 0.570. The number of rotatable bonds is 8. The van der Waals surface area contributed by atoms with Crippen LogP contribution in [0.5, 0.6) is 11.5 Å². The third-order valence-corrected chi connectivity index (χ3v) is 6.65. The van der Waals surface area contributed by atoms with Crippen LogP contribution in [0.15, 0.2) is 52.1 Å². The SMILES string of the molecule is CCOC(=O)[C@H]1CN(CCn2c(=O)[nH]c3ccccc3c2=O)CC[C@H]1c1ccc(OC)c(OC)c1. The van der Waals surface area contributed by atoms with E-state index in [0.717, 1.165) is 18.5 Å². The summed E-state index contributed by atoms with van der Waals surface area (Å²) in [7, 11) is 3.17. The Kier molecular flexibility index (Phi) is 7.55. The molecule has 35 heavy (non-hydrogen) atoms. The zero-order valence-electron chi connectivity index (χ0n) is 20.3. The number of carbonyl (C=O) groups is 1. The number of H-pyrrole nitrogens is 1. The van der Waals surface area contributed by atoms with Crippen LogP contribution < -0.4 is 20.7 Å². The van der Waals surface area contributed by atoms with Crippen molar-refractivity contribution >= 4 is 16.9 Å². The molecule has 0 amide bonds. The van der Waals surface area contributed by atoms with E-state index in [1.165, 1.54) is 4.57 Å². The number of nitrogens with one attached hydrogen (secondary N) is 1. The first-order valence-corrected chi connectivity index (χ1v) is 11.8. The summed E-state index contributed by atoms with van der Waals surface area (Å²) >= 11 is 0. The number of hydrogen-bond donors (Lipinski definition) is 1. The van der Waals surface area contributed by atoms with Crippen LogP contribution in [-0.2, 0) is 16.1 Å². The van der Waals surface area contributed by atoms with Crippen LogP contribution in [0.25, 0.3) is 10.9 Å². The van der Waals surface area contributed by atoms with Crippen molar-refractivity contribution in [2.75, 3.05) is 40.5 Å². The molecule has 1 N–H and O–H groups in total. The topological polar surface area (TPSA) is 103 Å². The highest BCUT2D eigenvalue weighted by Gasteiger charge is 2.36. The molecule has 0 spiro atoms. The molecule has 1 saturated heterocycles. The highest BCUT2D eigenvalue weighted by molar-refractivity contribution is 5.77. The monoisotopic (exact) mass is 481 g/mol. The van der Waals surface area contributed by atoms with E-state index in [-0.39, 0.29) is 29.9 Å². The average molecular weight is 482 g/mol. The quantitative estimate of drug-likeness (QED) is 0.493. The molecule has 1 aliphatic rings. The van der Waals surface area contributed by atoms with Crippen molar-refractivity contribution in [3.05, 3.63) is 68.9 Å². The largest absolute Gasteiger partial charge is 0.493 e. The standard InChI is InChI=1S/C26H31N3O6/c1-4-35-25(31)20-16-28(12-11-18(20)17-9-10-22(33-2)23(15-17)34-3)13-14-29-24(30)19-7-5-6-8-21(19)27-26(29)32/h5-10,15,18,20H,4,11-14,16H2,1-3H3,(H,27,32)/t18-,20-/m0/s1. The van der Waals surface area contributed by atoms with E-state index >= 15 is 0 Å². The predicted octanol–water partition coefficient (Wildman–Crippen LogP) is 2.38. The molecule has 0 bridgehead atoms. The molecule has 4 rings (SSSR count). The van der Waals surface area contributed by atoms with Gasteiger partial charge in [-0.1, -0.05) is 18.2 Å². The maximum Gasteiger partial charge on any atom is 0.328 e. The molecule has 0 radical (unpaired) electrons. The lowest BCUT2D eigenvalue weighted by Crippen LogP contribution is -2.46. The smallest absolute Gasteiger partial charge is 0.328 e. The summed E-state index contributed by atoms with van der Waals surface area (Å²) in [6.07, 6.45) is 0.724. The van der Waals surface area contributed by atoms with E-state index in [2.05, 4.69) is 9.88 Å². The van der Waals surface area contributed by atoms with Gasteiger partial charge in [0.1, 0.15) is 0 Å². The summed E-state index contributed by atoms with van der Waals surface area (Å²) in [6, 6.07) is 12.7. The van der Waals surface area contributed by atoms with Crippen LogP contribution in [0, 0.1) is 5.92 Å². The molecule has 3 aromatic rings. The number of methoxy groups -OCH3 is 2. The van der Waals surface area contributed by atoms with Crippen LogP contribution in [0.2, 0.25) is 0 Å². The number of nitrogens with zero attached hydrogens (tertiary/aromatic N) is 2. The number of carbonyl (C=O) groups excluding carboxylic acids is 1. The van der Waals surface area contributed by atoms with Gasteiger partial charge in [0.25, 0.3) is 5.56 Å². The molecule has 2 atom stereocenters. The Labute approximate surface area is 203 Å². The Morgan fingerprint density at radius 2 is 1.83 bits per heavy atom. The lowest BCUT2D eigenvalue weighted by molar-refractivity contribution is -0.150. The molecule has 0 saturated carbocycles. The van der Waals surface area contributed by atoms with E-state index < -0.39 is 5.69 Å². The number of likely N-dealkylation sites (tertiary alicyclic amines) is 1. The summed E-state index contributed by atoms with van der Waals surface area (Å²) in [5, 5.41) is 0.476. The van der Waals surface area contributed by atoms with Gasteiger partial charge >= 0.3 is 11.7 Å². The molecule has 2 heterocycles. The van der Waals surface area contributed by atoms with E-state index in [9.17, 15) is 14.4 Å². The van der Waals surface area contributed by atoms with Gasteiger partial charge in [-0.15, -0.1) is 0 Å². The fraction of sp³-hybridized carbons (Fsp3) is 0.423. The Morgan fingerprint density at radius 1 is 1.06 bits per heavy atom. The third-order valence-electron chi connectivity index (χ3n) is 6.65. The van der Waals surface area contributed by atoms with Crippen LogP contribution in [0.4, 0.5) is 0 Å². The molecule has 0 aliphatic carbocycles. The number of hydrogen-bond acceptors (Lipinski definition) is 7. The maximum atomic E-state index is 12.9. The minimum Gasteiger partial charge on any atom is -0.493 e. The number of piperidine rings is 1. The van der Waals surface area contributed by atoms with Crippen molar-refractivity contribution in [3.8, 4) is 11.5 Å². The highest BCUT2D eigenvalue weighted by Crippen LogP contribution is 2.38. The van der Waals surface area contributed by atoms with E-state index in [4.69, 9.17) is 14.2 Å². The Bertz CT molecular complexity index is 1310. The predicted molar refractivity (Wildman–Crippen MR) is 132 cm³/mol. The lowest BCUT2D eigenvalue weighted by atomic mass is 9.80. The summed E-state index contributed by atoms with van der Waals surface area (Å²) in [5.41, 5.74) is 0.766. The molecular weight excluding hydrogens is 450 g/mol. The second-order valence-corrected chi connectivity index (χ2v) is 8.60. The van der Waals surface area contributed by atoms with Crippen LogP contribution in [0.3, 0.4) is 0 Å². The van der Waals surface area contributed by atoms with Gasteiger partial charge in [-0.3, -0.25) is 14.2 Å². The number of fused-ring (bicyclic) bond motifs is 1. The minimum absolute atomic E-state index is 0.0445. The van der Waals surface area contributed by atoms with Crippen molar-refractivity contribution in [1.29, 1.82) is 0 Å². The van der Waals surface area contributed by atoms with Gasteiger partial charge in [-0.05, 0) is 55.6 Å². The van der Waals surface area contributed by atoms with Gasteiger partial charge in [0.05, 0.1) is 37.6 Å². The van der Waals surface area contributed by atoms with Gasteiger partial charge in [0.2, 0.25) is 0 Å². The van der Waals surface area contributed by atoms with Crippen molar-refractivity contribution < 1.29 is 19.0 Å². The summed E-state index contributed by atoms with van der Waals surface area (Å²) < 4.78 is 17.4. The van der Waals surface area contributed by atoms with Gasteiger partial charge in [-0.2, -0.15) is 0 Å². The fourth-order valence-electron chi connectivity index (χ4n) is 4.84. The molecule has 2 aromatic carbocycles. The normalized spacial score (nSPS) is 18.4. The van der Waals surface area contributed by atoms with E-state index in [1.807, 2.05) is 18.2 Å². The number of benzene rings is 2. The summed E-state index contributed by atoms with van der Waals surface area (Å²) in [4.78, 5) is 43.2.